The Morgan fingerprint density at radius 2 is 1.82 bits per heavy atom. The van der Waals surface area contributed by atoms with Crippen LogP contribution in [0.25, 0.3) is 0 Å². The number of halogens is 3. The molecule has 0 spiro atoms. The molecule has 114 valence electrons. The van der Waals surface area contributed by atoms with Crippen LogP contribution in [0.15, 0.2) is 42.5 Å². The zero-order valence-electron chi connectivity index (χ0n) is 11.5. The Bertz CT molecular complexity index is 721. The molecular weight excluding hydrogens is 326 g/mol. The lowest BCUT2D eigenvalue weighted by molar-refractivity contribution is -0.150. The van der Waals surface area contributed by atoms with Crippen LogP contribution in [0.4, 0.5) is 4.39 Å². The van der Waals surface area contributed by atoms with Crippen LogP contribution in [-0.2, 0) is 11.3 Å². The van der Waals surface area contributed by atoms with Crippen molar-refractivity contribution >= 4 is 29.1 Å². The van der Waals surface area contributed by atoms with Gasteiger partial charge in [-0.05, 0) is 35.4 Å². The fourth-order valence-electron chi connectivity index (χ4n) is 2.64. The molecule has 3 rings (SSSR count). The van der Waals surface area contributed by atoms with E-state index in [0.29, 0.717) is 16.6 Å². The number of hydrogen-bond donors (Lipinski definition) is 1. The fourth-order valence-corrected chi connectivity index (χ4v) is 3.16. The zero-order valence-corrected chi connectivity index (χ0v) is 13.0. The number of carbonyl (C=O) groups is 1. The largest absolute Gasteiger partial charge is 0.328 e. The first kappa shape index (κ1) is 15.3. The van der Waals surface area contributed by atoms with E-state index in [2.05, 4.69) is 0 Å². The van der Waals surface area contributed by atoms with E-state index < -0.39 is 6.04 Å². The number of nitrogens with zero attached hydrogens (tertiary/aromatic N) is 1. The smallest absolute Gasteiger partial charge is 0.242 e. The van der Waals surface area contributed by atoms with E-state index in [1.807, 2.05) is 0 Å². The first-order valence-corrected chi connectivity index (χ1v) is 7.48. The van der Waals surface area contributed by atoms with E-state index in [0.717, 1.165) is 11.1 Å². The molecule has 0 aromatic heterocycles. The summed E-state index contributed by atoms with van der Waals surface area (Å²) < 4.78 is 13.0. The van der Waals surface area contributed by atoms with Crippen molar-refractivity contribution in [1.29, 1.82) is 0 Å². The average molecular weight is 339 g/mol. The molecule has 1 amide bonds. The van der Waals surface area contributed by atoms with Gasteiger partial charge in [0.1, 0.15) is 11.9 Å². The van der Waals surface area contributed by atoms with Gasteiger partial charge in [-0.3, -0.25) is 4.79 Å². The molecule has 1 heterocycles. The molecule has 0 saturated carbocycles. The fraction of sp³-hybridized carbons (Fsp3) is 0.188. The Balaban J connectivity index is 1.86. The molecule has 2 aromatic rings. The number of carbonyl (C=O) groups excluding carboxylic acids is 1. The SMILES string of the molecule is N[C@H]1C(=O)N(Cc2ccc(F)cc2)[C@H]1c1ccc(Cl)cc1Cl. The van der Waals surface area contributed by atoms with Gasteiger partial charge in [0.2, 0.25) is 5.91 Å². The maximum absolute atomic E-state index is 13.0. The van der Waals surface area contributed by atoms with Gasteiger partial charge in [-0.1, -0.05) is 41.4 Å². The maximum Gasteiger partial charge on any atom is 0.242 e. The van der Waals surface area contributed by atoms with Crippen LogP contribution in [0, 0.1) is 5.82 Å². The third kappa shape index (κ3) is 2.70. The molecule has 1 aliphatic rings. The number of β-lactam (4-membered cyclic amide) rings is 1. The minimum Gasteiger partial charge on any atom is -0.328 e. The average Bonchev–Trinajstić information content (AvgIpc) is 2.50. The Kier molecular flexibility index (Phi) is 4.08. The van der Waals surface area contributed by atoms with Crippen molar-refractivity contribution in [3.8, 4) is 0 Å². The lowest BCUT2D eigenvalue weighted by Gasteiger charge is -2.46. The standard InChI is InChI=1S/C16H13Cl2FN2O/c17-10-3-6-12(13(18)7-10)15-14(20)16(22)21(15)8-9-1-4-11(19)5-2-9/h1-7,14-15H,8,20H2/t14-,15+/m1/s1. The summed E-state index contributed by atoms with van der Waals surface area (Å²) in [5, 5.41) is 1.00. The van der Waals surface area contributed by atoms with E-state index in [1.165, 1.54) is 12.1 Å². The van der Waals surface area contributed by atoms with Crippen LogP contribution in [-0.4, -0.2) is 16.8 Å². The number of nitrogens with two attached hydrogens (primary N) is 1. The van der Waals surface area contributed by atoms with Crippen LogP contribution in [0.1, 0.15) is 17.2 Å². The number of hydrogen-bond acceptors (Lipinski definition) is 2. The van der Waals surface area contributed by atoms with Gasteiger partial charge in [0.15, 0.2) is 0 Å². The predicted octanol–water partition coefficient (Wildman–Crippen LogP) is 3.54. The summed E-state index contributed by atoms with van der Waals surface area (Å²) in [5.41, 5.74) is 7.53. The van der Waals surface area contributed by atoms with Gasteiger partial charge in [0.05, 0.1) is 6.04 Å². The van der Waals surface area contributed by atoms with Crippen LogP contribution < -0.4 is 5.73 Å². The Hall–Kier alpha value is -1.62. The van der Waals surface area contributed by atoms with Gasteiger partial charge in [0.25, 0.3) is 0 Å². The summed E-state index contributed by atoms with van der Waals surface area (Å²) in [4.78, 5) is 13.7. The highest BCUT2D eigenvalue weighted by molar-refractivity contribution is 6.35. The Morgan fingerprint density at radius 3 is 2.45 bits per heavy atom. The van der Waals surface area contributed by atoms with Crippen LogP contribution >= 0.6 is 23.2 Å². The predicted molar refractivity (Wildman–Crippen MR) is 84.1 cm³/mol. The molecule has 0 bridgehead atoms. The van der Waals surface area contributed by atoms with Gasteiger partial charge in [-0.25, -0.2) is 4.39 Å². The van der Waals surface area contributed by atoms with Crippen molar-refractivity contribution in [3.63, 3.8) is 0 Å². The second kappa shape index (κ2) is 5.88. The third-order valence-corrected chi connectivity index (χ3v) is 4.35. The molecule has 1 fully saturated rings. The zero-order chi connectivity index (χ0) is 15.9. The number of rotatable bonds is 3. The summed E-state index contributed by atoms with van der Waals surface area (Å²) in [7, 11) is 0. The van der Waals surface area contributed by atoms with Crippen molar-refractivity contribution in [2.45, 2.75) is 18.6 Å². The van der Waals surface area contributed by atoms with Gasteiger partial charge in [0, 0.05) is 16.6 Å². The first-order valence-electron chi connectivity index (χ1n) is 6.73. The number of likely N-dealkylation sites (tertiary alicyclic amines) is 1. The minimum atomic E-state index is -0.626. The summed E-state index contributed by atoms with van der Waals surface area (Å²) in [6, 6.07) is 10.2. The second-order valence-electron chi connectivity index (χ2n) is 5.23. The molecule has 22 heavy (non-hydrogen) atoms. The van der Waals surface area contributed by atoms with Crippen molar-refractivity contribution in [1.82, 2.24) is 4.90 Å². The van der Waals surface area contributed by atoms with Gasteiger partial charge in [-0.15, -0.1) is 0 Å². The molecule has 2 atom stereocenters. The molecule has 6 heteroatoms. The van der Waals surface area contributed by atoms with Crippen molar-refractivity contribution < 1.29 is 9.18 Å². The first-order chi connectivity index (χ1) is 10.5. The van der Waals surface area contributed by atoms with E-state index in [4.69, 9.17) is 28.9 Å². The van der Waals surface area contributed by atoms with Crippen LogP contribution in [0.5, 0.6) is 0 Å². The van der Waals surface area contributed by atoms with E-state index >= 15 is 0 Å². The minimum absolute atomic E-state index is 0.152. The van der Waals surface area contributed by atoms with E-state index in [-0.39, 0.29) is 17.8 Å². The van der Waals surface area contributed by atoms with Crippen molar-refractivity contribution in [2.75, 3.05) is 0 Å². The van der Waals surface area contributed by atoms with Gasteiger partial charge >= 0.3 is 0 Å². The molecule has 0 radical (unpaired) electrons. The van der Waals surface area contributed by atoms with E-state index in [9.17, 15) is 9.18 Å². The second-order valence-corrected chi connectivity index (χ2v) is 6.07. The summed E-state index contributed by atoms with van der Waals surface area (Å²) >= 11 is 12.1. The molecule has 1 aliphatic heterocycles. The lowest BCUT2D eigenvalue weighted by Crippen LogP contribution is -2.62. The molecule has 1 saturated heterocycles. The molecule has 2 aromatic carbocycles. The van der Waals surface area contributed by atoms with Crippen LogP contribution in [0.2, 0.25) is 10.0 Å². The highest BCUT2D eigenvalue weighted by Gasteiger charge is 2.46. The number of benzene rings is 2. The molecule has 2 N–H and O–H groups in total. The summed E-state index contributed by atoms with van der Waals surface area (Å²) in [6.45, 7) is 0.358. The number of amides is 1. The molecular formula is C16H13Cl2FN2O. The lowest BCUT2D eigenvalue weighted by atomic mass is 9.88. The summed E-state index contributed by atoms with van der Waals surface area (Å²) in [5.74, 6) is -0.465. The monoisotopic (exact) mass is 338 g/mol. The topological polar surface area (TPSA) is 46.3 Å². The van der Waals surface area contributed by atoms with Crippen molar-refractivity contribution in [2.24, 2.45) is 5.73 Å². The highest BCUT2D eigenvalue weighted by atomic mass is 35.5. The normalized spacial score (nSPS) is 20.9. The maximum atomic E-state index is 13.0. The van der Waals surface area contributed by atoms with Crippen LogP contribution in [0.3, 0.4) is 0 Å². The van der Waals surface area contributed by atoms with Gasteiger partial charge < -0.3 is 10.6 Å². The summed E-state index contributed by atoms with van der Waals surface area (Å²) in [6.07, 6.45) is 0. The van der Waals surface area contributed by atoms with Crippen molar-refractivity contribution in [3.05, 3.63) is 69.5 Å². The molecule has 3 nitrogen and oxygen atoms in total. The Morgan fingerprint density at radius 1 is 1.14 bits per heavy atom. The van der Waals surface area contributed by atoms with E-state index in [1.54, 1.807) is 35.2 Å². The molecule has 0 unspecified atom stereocenters. The quantitative estimate of drug-likeness (QED) is 0.870. The molecule has 0 aliphatic carbocycles. The third-order valence-electron chi connectivity index (χ3n) is 3.79. The highest BCUT2D eigenvalue weighted by Crippen LogP contribution is 2.39. The van der Waals surface area contributed by atoms with Gasteiger partial charge in [-0.2, -0.15) is 0 Å². The Labute approximate surface area is 137 Å².